The van der Waals surface area contributed by atoms with Crippen LogP contribution in [0.5, 0.6) is 0 Å². The molecule has 30 heavy (non-hydrogen) atoms. The van der Waals surface area contributed by atoms with Gasteiger partial charge < -0.3 is 20.1 Å². The zero-order valence-corrected chi connectivity index (χ0v) is 19.1. The minimum atomic E-state index is -1.36. The van der Waals surface area contributed by atoms with Crippen molar-refractivity contribution in [1.29, 1.82) is 0 Å². The first-order valence-corrected chi connectivity index (χ1v) is 11.4. The molecular formula is C23H41NO6. The Bertz CT molecular complexity index is 500. The van der Waals surface area contributed by atoms with Crippen LogP contribution in [0.4, 0.5) is 0 Å². The third kappa shape index (κ3) is 7.74. The molecule has 3 atom stereocenters. The molecule has 3 unspecified atom stereocenters. The van der Waals surface area contributed by atoms with Gasteiger partial charge in [0.1, 0.15) is 6.04 Å². The highest BCUT2D eigenvalue weighted by Crippen LogP contribution is 2.33. The predicted octanol–water partition coefficient (Wildman–Crippen LogP) is 3.36. The standard InChI is InChI=1S/C23H41NO6/c1-5-9-10-11-12-13-17-24(18(14-6-2)21(25)26,19(15-7-3)22(27)28)20(16-8-4)23(29)30/h10-11,18-20H,5-9,12-17H2,1-4H3,(H2-,25,26,27,28,29,30)/b11-10+. The Balaban J connectivity index is 6.50. The normalized spacial score (nSPS) is 16.7. The third-order valence-corrected chi connectivity index (χ3v) is 5.81. The van der Waals surface area contributed by atoms with Crippen molar-refractivity contribution in [3.05, 3.63) is 12.2 Å². The van der Waals surface area contributed by atoms with E-state index < -0.39 is 40.5 Å². The number of quaternary nitrogens is 1. The van der Waals surface area contributed by atoms with E-state index >= 15 is 0 Å². The molecule has 0 saturated carbocycles. The Labute approximate surface area is 181 Å². The Morgan fingerprint density at radius 3 is 1.57 bits per heavy atom. The molecule has 0 bridgehead atoms. The van der Waals surface area contributed by atoms with E-state index in [1.54, 1.807) is 0 Å². The van der Waals surface area contributed by atoms with Crippen LogP contribution >= 0.6 is 0 Å². The first-order chi connectivity index (χ1) is 14.2. The van der Waals surface area contributed by atoms with Crippen LogP contribution < -0.4 is 5.11 Å². The molecule has 174 valence electrons. The maximum absolute atomic E-state index is 12.3. The van der Waals surface area contributed by atoms with E-state index in [2.05, 4.69) is 13.0 Å². The number of rotatable bonds is 18. The molecule has 2 N–H and O–H groups in total. The summed E-state index contributed by atoms with van der Waals surface area (Å²) < 4.78 is -0.468. The molecule has 0 rings (SSSR count). The lowest BCUT2D eigenvalue weighted by Gasteiger charge is -2.52. The first kappa shape index (κ1) is 28.1. The van der Waals surface area contributed by atoms with E-state index in [4.69, 9.17) is 0 Å². The number of allylic oxidation sites excluding steroid dienone is 2. The number of carboxylic acid groups (broad SMARTS) is 3. The number of carbonyl (C=O) groups is 3. The SMILES string of the molecule is CCC/C=C/CCC[N+](C(CCC)C(=O)[O-])(C(CCC)C(=O)O)C(CCC)C(=O)O. The summed E-state index contributed by atoms with van der Waals surface area (Å²) in [6, 6.07) is -3.37. The summed E-state index contributed by atoms with van der Waals surface area (Å²) in [7, 11) is 0. The maximum Gasteiger partial charge on any atom is 0.362 e. The summed E-state index contributed by atoms with van der Waals surface area (Å²) in [6.45, 7) is 7.75. The molecule has 0 aromatic carbocycles. The van der Waals surface area contributed by atoms with Crippen molar-refractivity contribution in [2.45, 2.75) is 110 Å². The number of nitrogens with zero attached hydrogens (tertiary/aromatic N) is 1. The molecule has 0 aromatic heterocycles. The van der Waals surface area contributed by atoms with Gasteiger partial charge in [0.15, 0.2) is 12.1 Å². The summed E-state index contributed by atoms with van der Waals surface area (Å²) in [6.07, 6.45) is 9.40. The van der Waals surface area contributed by atoms with Crippen molar-refractivity contribution in [3.8, 4) is 0 Å². The zero-order valence-electron chi connectivity index (χ0n) is 19.1. The maximum atomic E-state index is 12.3. The minimum Gasteiger partial charge on any atom is -0.544 e. The van der Waals surface area contributed by atoms with Crippen molar-refractivity contribution in [1.82, 2.24) is 0 Å². The molecule has 7 nitrogen and oxygen atoms in total. The zero-order chi connectivity index (χ0) is 23.2. The van der Waals surface area contributed by atoms with Crippen molar-refractivity contribution >= 4 is 17.9 Å². The Kier molecular flexibility index (Phi) is 14.0. The van der Waals surface area contributed by atoms with Crippen molar-refractivity contribution < 1.29 is 34.2 Å². The van der Waals surface area contributed by atoms with Gasteiger partial charge in [-0.05, 0) is 25.7 Å². The van der Waals surface area contributed by atoms with Crippen molar-refractivity contribution in [2.24, 2.45) is 0 Å². The number of carbonyl (C=O) groups excluding carboxylic acids is 1. The molecular weight excluding hydrogens is 386 g/mol. The topological polar surface area (TPSA) is 115 Å². The summed E-state index contributed by atoms with van der Waals surface area (Å²) in [4.78, 5) is 36.9. The van der Waals surface area contributed by atoms with Crippen LogP contribution in [0.1, 0.15) is 91.9 Å². The van der Waals surface area contributed by atoms with Gasteiger partial charge in [0, 0.05) is 25.7 Å². The molecule has 0 aromatic rings. The van der Waals surface area contributed by atoms with E-state index in [0.717, 1.165) is 12.8 Å². The van der Waals surface area contributed by atoms with Crippen LogP contribution in [0.15, 0.2) is 12.2 Å². The number of hydrogen-bond acceptors (Lipinski definition) is 4. The van der Waals surface area contributed by atoms with Gasteiger partial charge in [-0.1, -0.05) is 52.7 Å². The molecule has 0 aliphatic rings. The Hall–Kier alpha value is -1.89. The van der Waals surface area contributed by atoms with Crippen LogP contribution in [0.3, 0.4) is 0 Å². The smallest absolute Gasteiger partial charge is 0.362 e. The quantitative estimate of drug-likeness (QED) is 0.197. The van der Waals surface area contributed by atoms with Crippen molar-refractivity contribution in [3.63, 3.8) is 0 Å². The highest BCUT2D eigenvalue weighted by atomic mass is 16.4. The van der Waals surface area contributed by atoms with Gasteiger partial charge in [0.25, 0.3) is 0 Å². The van der Waals surface area contributed by atoms with Crippen LogP contribution in [0, 0.1) is 0 Å². The highest BCUT2D eigenvalue weighted by molar-refractivity contribution is 5.77. The fraction of sp³-hybridized carbons (Fsp3) is 0.783. The summed E-state index contributed by atoms with van der Waals surface area (Å²) >= 11 is 0. The number of aliphatic carboxylic acids is 3. The summed E-state index contributed by atoms with van der Waals surface area (Å²) in [5.74, 6) is -3.63. The lowest BCUT2D eigenvalue weighted by Crippen LogP contribution is -2.74. The fourth-order valence-electron chi connectivity index (χ4n) is 4.52. The van der Waals surface area contributed by atoms with Crippen LogP contribution in [-0.4, -0.2) is 57.3 Å². The second kappa shape index (κ2) is 15.0. The van der Waals surface area contributed by atoms with Gasteiger partial charge >= 0.3 is 11.9 Å². The number of unbranched alkanes of at least 4 members (excludes halogenated alkanes) is 2. The Morgan fingerprint density at radius 1 is 0.767 bits per heavy atom. The average molecular weight is 428 g/mol. The first-order valence-electron chi connectivity index (χ1n) is 11.4. The number of hydrogen-bond donors (Lipinski definition) is 2. The second-order valence-electron chi connectivity index (χ2n) is 8.03. The largest absolute Gasteiger partial charge is 0.544 e. The Morgan fingerprint density at radius 2 is 1.20 bits per heavy atom. The van der Waals surface area contributed by atoms with Crippen LogP contribution in [-0.2, 0) is 14.4 Å². The molecule has 7 heteroatoms. The van der Waals surface area contributed by atoms with Crippen LogP contribution in [0.25, 0.3) is 0 Å². The summed E-state index contributed by atoms with van der Waals surface area (Å²) in [5, 5.41) is 32.4. The van der Waals surface area contributed by atoms with E-state index in [0.29, 0.717) is 32.1 Å². The van der Waals surface area contributed by atoms with Gasteiger partial charge in [0.2, 0.25) is 0 Å². The minimum absolute atomic E-state index is 0.184. The average Bonchev–Trinajstić information content (AvgIpc) is 2.68. The van der Waals surface area contributed by atoms with Gasteiger partial charge in [-0.3, -0.25) is 4.48 Å². The molecule has 0 saturated heterocycles. The second-order valence-corrected chi connectivity index (χ2v) is 8.03. The van der Waals surface area contributed by atoms with E-state index in [1.165, 1.54) is 0 Å². The molecule has 0 radical (unpaired) electrons. The highest BCUT2D eigenvalue weighted by Gasteiger charge is 2.54. The van der Waals surface area contributed by atoms with E-state index in [-0.39, 0.29) is 25.8 Å². The molecule has 0 heterocycles. The molecule has 0 aliphatic heterocycles. The lowest BCUT2D eigenvalue weighted by molar-refractivity contribution is -0.975. The van der Waals surface area contributed by atoms with Gasteiger partial charge in [-0.25, -0.2) is 9.59 Å². The van der Waals surface area contributed by atoms with Gasteiger partial charge in [-0.2, -0.15) is 0 Å². The van der Waals surface area contributed by atoms with Gasteiger partial charge in [0.05, 0.1) is 12.5 Å². The third-order valence-electron chi connectivity index (χ3n) is 5.81. The molecule has 0 spiro atoms. The summed E-state index contributed by atoms with van der Waals surface area (Å²) in [5.41, 5.74) is 0. The van der Waals surface area contributed by atoms with Crippen molar-refractivity contribution in [2.75, 3.05) is 6.54 Å². The van der Waals surface area contributed by atoms with Crippen LogP contribution in [0.2, 0.25) is 0 Å². The fourth-order valence-corrected chi connectivity index (χ4v) is 4.52. The predicted molar refractivity (Wildman–Crippen MR) is 115 cm³/mol. The molecule has 0 amide bonds. The van der Waals surface area contributed by atoms with E-state index in [1.807, 2.05) is 26.8 Å². The van der Waals surface area contributed by atoms with Gasteiger partial charge in [-0.15, -0.1) is 0 Å². The number of carboxylic acids is 3. The molecule has 0 aliphatic carbocycles. The van der Waals surface area contributed by atoms with E-state index in [9.17, 15) is 29.7 Å². The molecule has 0 fully saturated rings. The monoisotopic (exact) mass is 427 g/mol. The lowest BCUT2D eigenvalue weighted by atomic mass is 9.91.